The Morgan fingerprint density at radius 2 is 1.94 bits per heavy atom. The molecule has 94 valence electrons. The van der Waals surface area contributed by atoms with E-state index in [1.165, 1.54) is 0 Å². The molecule has 0 amide bonds. The van der Waals surface area contributed by atoms with E-state index in [2.05, 4.69) is 10.3 Å². The van der Waals surface area contributed by atoms with Crippen LogP contribution in [0.15, 0.2) is 10.6 Å². The van der Waals surface area contributed by atoms with Crippen molar-refractivity contribution in [3.05, 3.63) is 17.8 Å². The second-order valence-corrected chi connectivity index (χ2v) is 7.19. The first-order chi connectivity index (χ1) is 8.14. The molecule has 17 heavy (non-hydrogen) atoms. The molecule has 1 aromatic heterocycles. The normalized spacial score (nSPS) is 25.6. The Bertz CT molecular complexity index is 491. The van der Waals surface area contributed by atoms with Crippen molar-refractivity contribution in [3.8, 4) is 0 Å². The average molecular weight is 256 g/mol. The van der Waals surface area contributed by atoms with Gasteiger partial charge in [0.15, 0.2) is 5.89 Å². The minimum absolute atomic E-state index is 0.229. The molecule has 5 nitrogen and oxygen atoms in total. The van der Waals surface area contributed by atoms with Crippen LogP contribution in [-0.4, -0.2) is 38.0 Å². The molecule has 2 aliphatic heterocycles. The van der Waals surface area contributed by atoms with Crippen molar-refractivity contribution < 1.29 is 12.8 Å². The maximum absolute atomic E-state index is 11.3. The molecular formula is C11H16N2O3S. The number of hydrogen-bond acceptors (Lipinski definition) is 5. The molecule has 0 atom stereocenters. The molecule has 1 aromatic rings. The van der Waals surface area contributed by atoms with Gasteiger partial charge in [-0.15, -0.1) is 0 Å². The number of aromatic nitrogens is 1. The van der Waals surface area contributed by atoms with Gasteiger partial charge in [0.1, 0.15) is 15.6 Å². The SMILES string of the molecule is O=S1(=O)CCC(c2cnc(C3CNC3)o2)CC1. The zero-order valence-electron chi connectivity index (χ0n) is 9.55. The summed E-state index contributed by atoms with van der Waals surface area (Å²) in [7, 11) is -2.80. The largest absolute Gasteiger partial charge is 0.445 e. The molecule has 6 heteroatoms. The van der Waals surface area contributed by atoms with Crippen LogP contribution in [0.1, 0.15) is 36.3 Å². The fraction of sp³-hybridized carbons (Fsp3) is 0.727. The predicted molar refractivity (Wildman–Crippen MR) is 62.7 cm³/mol. The lowest BCUT2D eigenvalue weighted by atomic mass is 10.0. The zero-order chi connectivity index (χ0) is 11.9. The van der Waals surface area contributed by atoms with E-state index in [1.54, 1.807) is 6.20 Å². The second kappa shape index (κ2) is 4.10. The Kier molecular flexibility index (Phi) is 2.71. The van der Waals surface area contributed by atoms with Crippen molar-refractivity contribution in [2.45, 2.75) is 24.7 Å². The first-order valence-electron chi connectivity index (χ1n) is 6.01. The summed E-state index contributed by atoms with van der Waals surface area (Å²) in [6.45, 7) is 1.86. The highest BCUT2D eigenvalue weighted by atomic mass is 32.2. The summed E-state index contributed by atoms with van der Waals surface area (Å²) in [5, 5.41) is 3.18. The summed E-state index contributed by atoms with van der Waals surface area (Å²) in [6.07, 6.45) is 3.11. The van der Waals surface area contributed by atoms with E-state index in [0.29, 0.717) is 18.8 Å². The van der Waals surface area contributed by atoms with Crippen LogP contribution in [0.2, 0.25) is 0 Å². The van der Waals surface area contributed by atoms with Crippen molar-refractivity contribution in [3.63, 3.8) is 0 Å². The smallest absolute Gasteiger partial charge is 0.200 e. The van der Waals surface area contributed by atoms with Crippen LogP contribution in [0.25, 0.3) is 0 Å². The molecule has 2 saturated heterocycles. The monoisotopic (exact) mass is 256 g/mol. The molecule has 0 spiro atoms. The van der Waals surface area contributed by atoms with Crippen LogP contribution in [0.3, 0.4) is 0 Å². The fourth-order valence-electron chi connectivity index (χ4n) is 2.32. The highest BCUT2D eigenvalue weighted by Gasteiger charge is 2.29. The minimum atomic E-state index is -2.80. The van der Waals surface area contributed by atoms with E-state index < -0.39 is 9.84 Å². The van der Waals surface area contributed by atoms with Crippen LogP contribution in [0.5, 0.6) is 0 Å². The third-order valence-electron chi connectivity index (χ3n) is 3.63. The Balaban J connectivity index is 1.70. The van der Waals surface area contributed by atoms with Crippen LogP contribution >= 0.6 is 0 Å². The minimum Gasteiger partial charge on any atom is -0.445 e. The Morgan fingerprint density at radius 3 is 2.53 bits per heavy atom. The van der Waals surface area contributed by atoms with Crippen LogP contribution in [-0.2, 0) is 9.84 Å². The van der Waals surface area contributed by atoms with Gasteiger partial charge in [-0.2, -0.15) is 0 Å². The number of oxazole rings is 1. The van der Waals surface area contributed by atoms with Gasteiger partial charge in [0.05, 0.1) is 23.6 Å². The van der Waals surface area contributed by atoms with E-state index in [1.807, 2.05) is 0 Å². The van der Waals surface area contributed by atoms with Gasteiger partial charge < -0.3 is 9.73 Å². The van der Waals surface area contributed by atoms with Crippen molar-refractivity contribution in [2.24, 2.45) is 0 Å². The summed E-state index contributed by atoms with van der Waals surface area (Å²) in [4.78, 5) is 4.29. The van der Waals surface area contributed by atoms with E-state index >= 15 is 0 Å². The predicted octanol–water partition coefficient (Wildman–Crippen LogP) is 0.654. The third kappa shape index (κ3) is 2.24. The average Bonchev–Trinajstić information content (AvgIpc) is 2.64. The highest BCUT2D eigenvalue weighted by Crippen LogP contribution is 2.31. The van der Waals surface area contributed by atoms with Gasteiger partial charge >= 0.3 is 0 Å². The van der Waals surface area contributed by atoms with Crippen molar-refractivity contribution in [1.82, 2.24) is 10.3 Å². The topological polar surface area (TPSA) is 72.2 Å². The molecule has 0 aliphatic carbocycles. The quantitative estimate of drug-likeness (QED) is 0.841. The molecule has 2 aliphatic rings. The fourth-order valence-corrected chi connectivity index (χ4v) is 3.81. The van der Waals surface area contributed by atoms with E-state index in [-0.39, 0.29) is 17.4 Å². The van der Waals surface area contributed by atoms with Gasteiger partial charge in [0.2, 0.25) is 0 Å². The maximum Gasteiger partial charge on any atom is 0.200 e. The molecule has 1 N–H and O–H groups in total. The molecule has 2 fully saturated rings. The number of nitrogens with one attached hydrogen (secondary N) is 1. The molecule has 0 saturated carbocycles. The lowest BCUT2D eigenvalue weighted by molar-refractivity contribution is 0.332. The van der Waals surface area contributed by atoms with Gasteiger partial charge in [-0.25, -0.2) is 13.4 Å². The van der Waals surface area contributed by atoms with Crippen molar-refractivity contribution >= 4 is 9.84 Å². The van der Waals surface area contributed by atoms with E-state index in [9.17, 15) is 8.42 Å². The lowest BCUT2D eigenvalue weighted by Gasteiger charge is -2.24. The van der Waals surface area contributed by atoms with Crippen LogP contribution in [0.4, 0.5) is 0 Å². The number of rotatable bonds is 2. The molecule has 0 bridgehead atoms. The summed E-state index contributed by atoms with van der Waals surface area (Å²) in [5.41, 5.74) is 0. The Hall–Kier alpha value is -0.880. The molecule has 0 unspecified atom stereocenters. The molecule has 3 heterocycles. The summed E-state index contributed by atoms with van der Waals surface area (Å²) in [6, 6.07) is 0. The van der Waals surface area contributed by atoms with Crippen LogP contribution < -0.4 is 5.32 Å². The zero-order valence-corrected chi connectivity index (χ0v) is 10.4. The van der Waals surface area contributed by atoms with Gasteiger partial charge in [-0.05, 0) is 12.8 Å². The molecular weight excluding hydrogens is 240 g/mol. The first kappa shape index (κ1) is 11.2. The van der Waals surface area contributed by atoms with Crippen molar-refractivity contribution in [2.75, 3.05) is 24.6 Å². The summed E-state index contributed by atoms with van der Waals surface area (Å²) in [5.74, 6) is 2.84. The lowest BCUT2D eigenvalue weighted by Crippen LogP contribution is -2.40. The number of sulfone groups is 1. The van der Waals surface area contributed by atoms with E-state index in [4.69, 9.17) is 4.42 Å². The van der Waals surface area contributed by atoms with Gasteiger partial charge in [0, 0.05) is 19.0 Å². The Morgan fingerprint density at radius 1 is 1.24 bits per heavy atom. The van der Waals surface area contributed by atoms with Crippen molar-refractivity contribution in [1.29, 1.82) is 0 Å². The molecule has 0 aromatic carbocycles. The molecule has 3 rings (SSSR count). The summed E-state index contributed by atoms with van der Waals surface area (Å²) >= 11 is 0. The van der Waals surface area contributed by atoms with Crippen LogP contribution in [0, 0.1) is 0 Å². The Labute approximate surface area is 101 Å². The number of nitrogens with zero attached hydrogens (tertiary/aromatic N) is 1. The van der Waals surface area contributed by atoms with E-state index in [0.717, 1.165) is 24.7 Å². The maximum atomic E-state index is 11.3. The first-order valence-corrected chi connectivity index (χ1v) is 7.83. The van der Waals surface area contributed by atoms with Gasteiger partial charge in [-0.3, -0.25) is 0 Å². The third-order valence-corrected chi connectivity index (χ3v) is 5.34. The standard InChI is InChI=1S/C11H16N2O3S/c14-17(15)3-1-8(2-4-17)10-7-13-11(16-10)9-5-12-6-9/h7-9,12H,1-6H2. The summed E-state index contributed by atoms with van der Waals surface area (Å²) < 4.78 is 28.4. The molecule has 0 radical (unpaired) electrons. The van der Waals surface area contributed by atoms with Gasteiger partial charge in [-0.1, -0.05) is 0 Å². The second-order valence-electron chi connectivity index (χ2n) is 4.88. The highest BCUT2D eigenvalue weighted by molar-refractivity contribution is 7.91. The van der Waals surface area contributed by atoms with Gasteiger partial charge in [0.25, 0.3) is 0 Å². The number of hydrogen-bond donors (Lipinski definition) is 1.